The highest BCUT2D eigenvalue weighted by atomic mass is 16.2. The van der Waals surface area contributed by atoms with E-state index in [9.17, 15) is 14.4 Å². The van der Waals surface area contributed by atoms with E-state index < -0.39 is 5.54 Å². The van der Waals surface area contributed by atoms with Crippen molar-refractivity contribution in [3.8, 4) is 0 Å². The summed E-state index contributed by atoms with van der Waals surface area (Å²) in [7, 11) is 1.75. The summed E-state index contributed by atoms with van der Waals surface area (Å²) >= 11 is 0. The van der Waals surface area contributed by atoms with Gasteiger partial charge in [0.2, 0.25) is 0 Å². The maximum absolute atomic E-state index is 13.7. The molecule has 3 aliphatic rings. The number of rotatable bonds is 4. The SMILES string of the molecule is C[C@@H]1C[C@@H]2C[C@H](C)CC(C3(C)C(=O)N(CC(=O)c4ccccc4)C(=O)N3C)(C1)C2. The molecule has 3 fully saturated rings. The molecule has 0 N–H and O–H groups in total. The van der Waals surface area contributed by atoms with Crippen molar-refractivity contribution in [3.05, 3.63) is 35.9 Å². The Morgan fingerprint density at radius 2 is 1.62 bits per heavy atom. The van der Waals surface area contributed by atoms with Crippen LogP contribution >= 0.6 is 0 Å². The van der Waals surface area contributed by atoms with Gasteiger partial charge in [0.15, 0.2) is 5.78 Å². The van der Waals surface area contributed by atoms with Gasteiger partial charge in [0, 0.05) is 18.0 Å². The first kappa shape index (κ1) is 20.1. The lowest BCUT2D eigenvalue weighted by Crippen LogP contribution is -2.62. The number of likely N-dealkylation sites (N-methyl/N-ethyl adjacent to an activating group) is 1. The monoisotopic (exact) mass is 396 g/mol. The molecule has 0 radical (unpaired) electrons. The number of amides is 3. The molecule has 1 aromatic carbocycles. The minimum absolute atomic E-state index is 0.188. The smallest absolute Gasteiger partial charge is 0.312 e. The van der Waals surface area contributed by atoms with E-state index in [-0.39, 0.29) is 29.7 Å². The fourth-order valence-corrected chi connectivity index (χ4v) is 6.75. The van der Waals surface area contributed by atoms with Gasteiger partial charge in [-0.15, -0.1) is 0 Å². The Hall–Kier alpha value is -2.17. The molecule has 0 spiro atoms. The highest BCUT2D eigenvalue weighted by molar-refractivity contribution is 6.11. The van der Waals surface area contributed by atoms with Gasteiger partial charge in [0.25, 0.3) is 5.91 Å². The molecule has 2 saturated carbocycles. The molecule has 29 heavy (non-hydrogen) atoms. The van der Waals surface area contributed by atoms with E-state index >= 15 is 0 Å². The van der Waals surface area contributed by atoms with E-state index in [1.54, 1.807) is 36.2 Å². The lowest BCUT2D eigenvalue weighted by Gasteiger charge is -2.57. The van der Waals surface area contributed by atoms with Crippen LogP contribution < -0.4 is 0 Å². The van der Waals surface area contributed by atoms with Crippen LogP contribution in [0.2, 0.25) is 0 Å². The van der Waals surface area contributed by atoms with Gasteiger partial charge in [-0.05, 0) is 56.8 Å². The first-order valence-corrected chi connectivity index (χ1v) is 10.9. The fraction of sp³-hybridized carbons (Fsp3) is 0.625. The van der Waals surface area contributed by atoms with E-state index in [1.165, 1.54) is 17.7 Å². The van der Waals surface area contributed by atoms with Gasteiger partial charge in [0.1, 0.15) is 5.54 Å². The number of fused-ring (bicyclic) bond motifs is 2. The summed E-state index contributed by atoms with van der Waals surface area (Å²) in [5.41, 5.74) is -0.568. The first-order chi connectivity index (χ1) is 13.7. The average Bonchev–Trinajstić information content (AvgIpc) is 2.84. The number of imide groups is 1. The van der Waals surface area contributed by atoms with Crippen LogP contribution in [0.1, 0.15) is 63.2 Å². The van der Waals surface area contributed by atoms with Crippen molar-refractivity contribution in [1.82, 2.24) is 9.80 Å². The predicted molar refractivity (Wildman–Crippen MR) is 111 cm³/mol. The number of carbonyl (C=O) groups excluding carboxylic acids is 3. The number of hydrogen-bond donors (Lipinski definition) is 0. The largest absolute Gasteiger partial charge is 0.327 e. The molecule has 2 unspecified atom stereocenters. The van der Waals surface area contributed by atoms with Crippen LogP contribution in [-0.4, -0.2) is 46.7 Å². The Kier molecular flexibility index (Phi) is 4.83. The predicted octanol–water partition coefficient (Wildman–Crippen LogP) is 4.37. The van der Waals surface area contributed by atoms with E-state index in [0.29, 0.717) is 23.3 Å². The molecule has 4 rings (SSSR count). The standard InChI is InChI=1S/C24H32N2O3/c1-16-10-18-11-17(2)13-24(12-16,14-18)23(3)21(28)26(22(29)25(23)4)15-20(27)19-8-6-5-7-9-19/h5-9,16-18H,10-15H2,1-4H3/t16-,17+,18-,23?,24?. The molecule has 156 valence electrons. The normalized spacial score (nSPS) is 37.2. The van der Waals surface area contributed by atoms with Crippen LogP contribution in [0.5, 0.6) is 0 Å². The van der Waals surface area contributed by atoms with Gasteiger partial charge < -0.3 is 4.90 Å². The van der Waals surface area contributed by atoms with Crippen molar-refractivity contribution in [3.63, 3.8) is 0 Å². The van der Waals surface area contributed by atoms with E-state index in [1.807, 2.05) is 13.0 Å². The number of nitrogens with zero attached hydrogens (tertiary/aromatic N) is 2. The summed E-state index contributed by atoms with van der Waals surface area (Å²) in [6, 6.07) is 8.55. The number of hydrogen-bond acceptors (Lipinski definition) is 3. The van der Waals surface area contributed by atoms with Crippen molar-refractivity contribution in [2.75, 3.05) is 13.6 Å². The molecule has 5 nitrogen and oxygen atoms in total. The van der Waals surface area contributed by atoms with Crippen LogP contribution in [0.15, 0.2) is 30.3 Å². The second-order valence-electron chi connectivity index (χ2n) is 10.0. The second-order valence-corrected chi connectivity index (χ2v) is 10.0. The van der Waals surface area contributed by atoms with Crippen molar-refractivity contribution in [2.24, 2.45) is 23.2 Å². The fourth-order valence-electron chi connectivity index (χ4n) is 6.75. The number of benzene rings is 1. The third-order valence-electron chi connectivity index (χ3n) is 7.91. The lowest BCUT2D eigenvalue weighted by molar-refractivity contribution is -0.147. The first-order valence-electron chi connectivity index (χ1n) is 10.9. The third-order valence-corrected chi connectivity index (χ3v) is 7.91. The molecule has 1 heterocycles. The summed E-state index contributed by atoms with van der Waals surface area (Å²) < 4.78 is 0. The molecular weight excluding hydrogens is 364 g/mol. The number of carbonyl (C=O) groups is 3. The molecule has 5 atom stereocenters. The van der Waals surface area contributed by atoms with Gasteiger partial charge in [0.05, 0.1) is 6.54 Å². The maximum atomic E-state index is 13.7. The second kappa shape index (κ2) is 6.96. The van der Waals surface area contributed by atoms with Crippen molar-refractivity contribution in [1.29, 1.82) is 0 Å². The lowest BCUT2D eigenvalue weighted by atomic mass is 9.50. The molecule has 2 bridgehead atoms. The van der Waals surface area contributed by atoms with Crippen LogP contribution in [0.3, 0.4) is 0 Å². The highest BCUT2D eigenvalue weighted by Gasteiger charge is 2.66. The van der Waals surface area contributed by atoms with Gasteiger partial charge in [-0.2, -0.15) is 0 Å². The van der Waals surface area contributed by atoms with Gasteiger partial charge >= 0.3 is 6.03 Å². The molecule has 5 heteroatoms. The quantitative estimate of drug-likeness (QED) is 0.561. The molecule has 3 amide bonds. The number of ketones is 1. The summed E-state index contributed by atoms with van der Waals surface area (Å²) in [4.78, 5) is 42.4. The molecule has 2 aliphatic carbocycles. The summed E-state index contributed by atoms with van der Waals surface area (Å²) in [6.45, 7) is 6.32. The van der Waals surface area contributed by atoms with Crippen molar-refractivity contribution < 1.29 is 14.4 Å². The Morgan fingerprint density at radius 1 is 1.03 bits per heavy atom. The maximum Gasteiger partial charge on any atom is 0.327 e. The number of Topliss-reactive ketones (excluding diaryl/α,β-unsaturated/α-hetero) is 1. The Bertz CT molecular complexity index is 816. The third kappa shape index (κ3) is 3.01. The zero-order valence-electron chi connectivity index (χ0n) is 18.0. The van der Waals surface area contributed by atoms with Gasteiger partial charge in [-0.3, -0.25) is 14.5 Å². The highest BCUT2D eigenvalue weighted by Crippen LogP contribution is 2.60. The van der Waals surface area contributed by atoms with Crippen LogP contribution in [0.25, 0.3) is 0 Å². The van der Waals surface area contributed by atoms with Gasteiger partial charge in [-0.1, -0.05) is 44.2 Å². The van der Waals surface area contributed by atoms with Crippen LogP contribution in [0, 0.1) is 23.2 Å². The molecule has 0 aromatic heterocycles. The van der Waals surface area contributed by atoms with Gasteiger partial charge in [-0.25, -0.2) is 4.79 Å². The minimum atomic E-state index is -0.886. The van der Waals surface area contributed by atoms with E-state index in [2.05, 4.69) is 13.8 Å². The molecule has 1 aliphatic heterocycles. The van der Waals surface area contributed by atoms with Crippen LogP contribution in [0.4, 0.5) is 4.79 Å². The average molecular weight is 397 g/mol. The topological polar surface area (TPSA) is 57.7 Å². The zero-order chi connectivity index (χ0) is 21.0. The molecule has 1 aromatic rings. The summed E-state index contributed by atoms with van der Waals surface area (Å²) in [6.07, 6.45) is 5.36. The Morgan fingerprint density at radius 3 is 2.21 bits per heavy atom. The number of urea groups is 1. The molecule has 1 saturated heterocycles. The Balaban J connectivity index is 1.66. The minimum Gasteiger partial charge on any atom is -0.312 e. The summed E-state index contributed by atoms with van der Waals surface area (Å²) in [5.74, 6) is 1.32. The zero-order valence-corrected chi connectivity index (χ0v) is 18.0. The van der Waals surface area contributed by atoms with E-state index in [0.717, 1.165) is 19.3 Å². The molecular formula is C24H32N2O3. The Labute approximate surface area is 173 Å². The van der Waals surface area contributed by atoms with Crippen LogP contribution in [-0.2, 0) is 4.79 Å². The van der Waals surface area contributed by atoms with Crippen molar-refractivity contribution >= 4 is 17.7 Å². The van der Waals surface area contributed by atoms with E-state index in [4.69, 9.17) is 0 Å². The van der Waals surface area contributed by atoms with Crippen molar-refractivity contribution in [2.45, 2.75) is 58.4 Å². The summed E-state index contributed by atoms with van der Waals surface area (Å²) in [5, 5.41) is 0.